The average Bonchev–Trinajstić information content (AvgIpc) is 2.78. The van der Waals surface area contributed by atoms with E-state index in [4.69, 9.17) is 0 Å². The molecule has 4 heteroatoms. The molecule has 2 aromatic carbocycles. The SMILES string of the molecule is Cc1ccc2c(NCc3cccc(F)c3)nsc2c1. The lowest BCUT2D eigenvalue weighted by Gasteiger charge is -2.04. The summed E-state index contributed by atoms with van der Waals surface area (Å²) in [6.07, 6.45) is 0. The summed E-state index contributed by atoms with van der Waals surface area (Å²) >= 11 is 1.48. The lowest BCUT2D eigenvalue weighted by Crippen LogP contribution is -2.00. The van der Waals surface area contributed by atoms with Crippen LogP contribution in [0.25, 0.3) is 10.1 Å². The molecule has 96 valence electrons. The second-order valence-corrected chi connectivity index (χ2v) is 5.32. The standard InChI is InChI=1S/C15H13FN2S/c1-10-5-6-13-14(7-10)19-18-15(13)17-9-11-3-2-4-12(16)8-11/h2-8H,9H2,1H3,(H,17,18). The van der Waals surface area contributed by atoms with Crippen LogP contribution in [0.15, 0.2) is 42.5 Å². The van der Waals surface area contributed by atoms with Gasteiger partial charge >= 0.3 is 0 Å². The van der Waals surface area contributed by atoms with Gasteiger partial charge < -0.3 is 5.32 Å². The highest BCUT2D eigenvalue weighted by Crippen LogP contribution is 2.27. The van der Waals surface area contributed by atoms with Gasteiger partial charge in [0.1, 0.15) is 11.6 Å². The van der Waals surface area contributed by atoms with Crippen molar-refractivity contribution in [2.75, 3.05) is 5.32 Å². The van der Waals surface area contributed by atoms with Gasteiger partial charge in [0, 0.05) is 11.9 Å². The van der Waals surface area contributed by atoms with E-state index in [0.29, 0.717) is 6.54 Å². The van der Waals surface area contributed by atoms with Crippen LogP contribution in [0, 0.1) is 12.7 Å². The number of aromatic nitrogens is 1. The molecule has 0 spiro atoms. The van der Waals surface area contributed by atoms with Gasteiger partial charge in [-0.15, -0.1) is 0 Å². The molecule has 0 bridgehead atoms. The smallest absolute Gasteiger partial charge is 0.147 e. The second kappa shape index (κ2) is 4.97. The van der Waals surface area contributed by atoms with Crippen LogP contribution in [0.5, 0.6) is 0 Å². The lowest BCUT2D eigenvalue weighted by molar-refractivity contribution is 0.626. The molecule has 3 aromatic rings. The van der Waals surface area contributed by atoms with Crippen molar-refractivity contribution >= 4 is 27.4 Å². The third kappa shape index (κ3) is 2.58. The monoisotopic (exact) mass is 272 g/mol. The molecule has 1 aromatic heterocycles. The maximum absolute atomic E-state index is 13.1. The quantitative estimate of drug-likeness (QED) is 0.766. The largest absolute Gasteiger partial charge is 0.365 e. The van der Waals surface area contributed by atoms with E-state index in [1.54, 1.807) is 6.07 Å². The number of nitrogens with one attached hydrogen (secondary N) is 1. The van der Waals surface area contributed by atoms with Gasteiger partial charge in [0.15, 0.2) is 0 Å². The highest BCUT2D eigenvalue weighted by atomic mass is 32.1. The summed E-state index contributed by atoms with van der Waals surface area (Å²) in [5, 5.41) is 4.38. The molecule has 19 heavy (non-hydrogen) atoms. The Morgan fingerprint density at radius 3 is 2.95 bits per heavy atom. The third-order valence-electron chi connectivity index (χ3n) is 2.98. The first-order valence-corrected chi connectivity index (χ1v) is 6.84. The molecule has 0 radical (unpaired) electrons. The molecule has 1 N–H and O–H groups in total. The maximum Gasteiger partial charge on any atom is 0.147 e. The second-order valence-electron chi connectivity index (χ2n) is 4.51. The van der Waals surface area contributed by atoms with Crippen LogP contribution in [-0.2, 0) is 6.54 Å². The summed E-state index contributed by atoms with van der Waals surface area (Å²) in [6.45, 7) is 2.64. The molecule has 0 saturated heterocycles. The van der Waals surface area contributed by atoms with Crippen LogP contribution in [0.4, 0.5) is 10.2 Å². The van der Waals surface area contributed by atoms with Crippen LogP contribution < -0.4 is 5.32 Å². The predicted molar refractivity (Wildman–Crippen MR) is 78.1 cm³/mol. The van der Waals surface area contributed by atoms with Gasteiger partial charge in [-0.05, 0) is 53.8 Å². The zero-order valence-electron chi connectivity index (χ0n) is 10.5. The fourth-order valence-electron chi connectivity index (χ4n) is 2.00. The molecule has 0 saturated carbocycles. The molecule has 1 heterocycles. The predicted octanol–water partition coefficient (Wildman–Crippen LogP) is 4.36. The van der Waals surface area contributed by atoms with E-state index >= 15 is 0 Å². The van der Waals surface area contributed by atoms with Crippen molar-refractivity contribution in [2.45, 2.75) is 13.5 Å². The number of rotatable bonds is 3. The minimum Gasteiger partial charge on any atom is -0.365 e. The van der Waals surface area contributed by atoms with E-state index in [1.165, 1.54) is 33.9 Å². The van der Waals surface area contributed by atoms with E-state index in [-0.39, 0.29) is 5.82 Å². The summed E-state index contributed by atoms with van der Waals surface area (Å²) in [5.41, 5.74) is 2.14. The first kappa shape index (κ1) is 12.1. The Bertz CT molecular complexity index is 721. The number of aryl methyl sites for hydroxylation is 1. The number of hydrogen-bond donors (Lipinski definition) is 1. The van der Waals surface area contributed by atoms with Crippen LogP contribution in [0.2, 0.25) is 0 Å². The van der Waals surface area contributed by atoms with E-state index < -0.39 is 0 Å². The lowest BCUT2D eigenvalue weighted by atomic mass is 10.2. The van der Waals surface area contributed by atoms with Crippen LogP contribution in [-0.4, -0.2) is 4.37 Å². The van der Waals surface area contributed by atoms with Gasteiger partial charge in [-0.1, -0.05) is 18.2 Å². The third-order valence-corrected chi connectivity index (χ3v) is 3.78. The van der Waals surface area contributed by atoms with Crippen molar-refractivity contribution in [3.63, 3.8) is 0 Å². The molecule has 0 aliphatic heterocycles. The summed E-state index contributed by atoms with van der Waals surface area (Å²) < 4.78 is 18.7. The Hall–Kier alpha value is -1.94. The van der Waals surface area contributed by atoms with Crippen molar-refractivity contribution in [3.05, 3.63) is 59.4 Å². The molecule has 0 unspecified atom stereocenters. The Labute approximate surface area is 115 Å². The van der Waals surface area contributed by atoms with Gasteiger partial charge in [0.25, 0.3) is 0 Å². The Balaban J connectivity index is 1.82. The summed E-state index contributed by atoms with van der Waals surface area (Å²) in [5.74, 6) is 0.655. The van der Waals surface area contributed by atoms with E-state index in [0.717, 1.165) is 16.8 Å². The molecule has 0 amide bonds. The fraction of sp³-hybridized carbons (Fsp3) is 0.133. The molecular weight excluding hydrogens is 259 g/mol. The maximum atomic E-state index is 13.1. The van der Waals surface area contributed by atoms with Crippen LogP contribution >= 0.6 is 11.5 Å². The summed E-state index contributed by atoms with van der Waals surface area (Å²) in [7, 11) is 0. The first-order valence-electron chi connectivity index (χ1n) is 6.07. The number of benzene rings is 2. The van der Waals surface area contributed by atoms with Gasteiger partial charge in [-0.2, -0.15) is 4.37 Å². The van der Waals surface area contributed by atoms with Crippen molar-refractivity contribution in [3.8, 4) is 0 Å². The van der Waals surface area contributed by atoms with Gasteiger partial charge in [-0.3, -0.25) is 0 Å². The van der Waals surface area contributed by atoms with E-state index in [1.807, 2.05) is 6.07 Å². The Morgan fingerprint density at radius 1 is 1.21 bits per heavy atom. The van der Waals surface area contributed by atoms with E-state index in [2.05, 4.69) is 34.8 Å². The average molecular weight is 272 g/mol. The Kier molecular flexibility index (Phi) is 3.17. The number of fused-ring (bicyclic) bond motifs is 1. The van der Waals surface area contributed by atoms with Gasteiger partial charge in [0.05, 0.1) is 4.70 Å². The van der Waals surface area contributed by atoms with Crippen LogP contribution in [0.1, 0.15) is 11.1 Å². The van der Waals surface area contributed by atoms with Crippen molar-refractivity contribution in [1.29, 1.82) is 0 Å². The molecule has 0 aliphatic rings. The van der Waals surface area contributed by atoms with Crippen LogP contribution in [0.3, 0.4) is 0 Å². The zero-order chi connectivity index (χ0) is 13.2. The highest BCUT2D eigenvalue weighted by molar-refractivity contribution is 7.13. The normalized spacial score (nSPS) is 10.8. The summed E-state index contributed by atoms with van der Waals surface area (Å²) in [6, 6.07) is 12.9. The topological polar surface area (TPSA) is 24.9 Å². The Morgan fingerprint density at radius 2 is 2.11 bits per heavy atom. The van der Waals surface area contributed by atoms with Crippen molar-refractivity contribution in [2.24, 2.45) is 0 Å². The number of nitrogens with zero attached hydrogens (tertiary/aromatic N) is 1. The first-order chi connectivity index (χ1) is 9.22. The molecule has 0 aliphatic carbocycles. The molecule has 0 atom stereocenters. The molecule has 3 rings (SSSR count). The zero-order valence-corrected chi connectivity index (χ0v) is 11.3. The van der Waals surface area contributed by atoms with Crippen molar-refractivity contribution in [1.82, 2.24) is 4.37 Å². The molecule has 2 nitrogen and oxygen atoms in total. The minimum atomic E-state index is -0.210. The fourth-order valence-corrected chi connectivity index (χ4v) is 2.86. The van der Waals surface area contributed by atoms with Gasteiger partial charge in [0.2, 0.25) is 0 Å². The minimum absolute atomic E-state index is 0.210. The van der Waals surface area contributed by atoms with Crippen molar-refractivity contribution < 1.29 is 4.39 Å². The van der Waals surface area contributed by atoms with Gasteiger partial charge in [-0.25, -0.2) is 4.39 Å². The number of hydrogen-bond acceptors (Lipinski definition) is 3. The summed E-state index contributed by atoms with van der Waals surface area (Å²) in [4.78, 5) is 0. The number of anilines is 1. The van der Waals surface area contributed by atoms with E-state index in [9.17, 15) is 4.39 Å². The molecule has 0 fully saturated rings. The number of halogens is 1. The molecular formula is C15H13FN2S. The highest BCUT2D eigenvalue weighted by Gasteiger charge is 2.05.